The number of hydrogen-bond acceptors (Lipinski definition) is 5. The highest BCUT2D eigenvalue weighted by Crippen LogP contribution is 2.25. The maximum Gasteiger partial charge on any atom is 0.243 e. The first-order valence-electron chi connectivity index (χ1n) is 6.10. The molecule has 1 aromatic carbocycles. The standard InChI is InChI=1S/C13H17N3O2S2/c1-9(8-19-2)16-20(17,18)12-6-5-11(14)10-4-3-7-15-13(10)12/h3-7,9,16H,8,14H2,1-2H3. The van der Waals surface area contributed by atoms with Crippen molar-refractivity contribution in [2.24, 2.45) is 0 Å². The van der Waals surface area contributed by atoms with E-state index in [0.29, 0.717) is 22.3 Å². The van der Waals surface area contributed by atoms with Gasteiger partial charge in [0.25, 0.3) is 0 Å². The number of anilines is 1. The smallest absolute Gasteiger partial charge is 0.243 e. The first-order valence-corrected chi connectivity index (χ1v) is 8.98. The summed E-state index contributed by atoms with van der Waals surface area (Å²) in [6.07, 6.45) is 3.50. The van der Waals surface area contributed by atoms with E-state index in [1.54, 1.807) is 36.2 Å². The van der Waals surface area contributed by atoms with E-state index in [9.17, 15) is 8.42 Å². The minimum Gasteiger partial charge on any atom is -0.398 e. The van der Waals surface area contributed by atoms with Gasteiger partial charge in [0.15, 0.2) is 0 Å². The van der Waals surface area contributed by atoms with Crippen molar-refractivity contribution in [3.05, 3.63) is 30.5 Å². The summed E-state index contributed by atoms with van der Waals surface area (Å²) in [5.74, 6) is 0.708. The van der Waals surface area contributed by atoms with Crippen LogP contribution >= 0.6 is 11.8 Å². The van der Waals surface area contributed by atoms with Crippen LogP contribution in [0.1, 0.15) is 6.92 Å². The van der Waals surface area contributed by atoms with E-state index in [0.717, 1.165) is 0 Å². The number of nitrogens with two attached hydrogens (primary N) is 1. The molecule has 1 unspecified atom stereocenters. The molecule has 7 heteroatoms. The van der Waals surface area contributed by atoms with Crippen LogP contribution in [0.2, 0.25) is 0 Å². The van der Waals surface area contributed by atoms with Crippen molar-refractivity contribution in [3.8, 4) is 0 Å². The van der Waals surface area contributed by atoms with Gasteiger partial charge in [0.1, 0.15) is 4.90 Å². The summed E-state index contributed by atoms with van der Waals surface area (Å²) in [7, 11) is -3.61. The fraction of sp³-hybridized carbons (Fsp3) is 0.308. The molecule has 5 nitrogen and oxygen atoms in total. The number of aromatic nitrogens is 1. The SMILES string of the molecule is CSCC(C)NS(=O)(=O)c1ccc(N)c2cccnc12. The summed E-state index contributed by atoms with van der Waals surface area (Å²) >= 11 is 1.59. The number of fused-ring (bicyclic) bond motifs is 1. The molecule has 0 bridgehead atoms. The lowest BCUT2D eigenvalue weighted by Gasteiger charge is -2.14. The minimum absolute atomic E-state index is 0.147. The first-order chi connectivity index (χ1) is 9.45. The molecule has 108 valence electrons. The Morgan fingerprint density at radius 3 is 2.85 bits per heavy atom. The number of thioether (sulfide) groups is 1. The molecule has 1 heterocycles. The molecule has 0 fully saturated rings. The van der Waals surface area contributed by atoms with Crippen molar-refractivity contribution in [2.75, 3.05) is 17.7 Å². The Balaban J connectivity index is 2.50. The Morgan fingerprint density at radius 1 is 1.40 bits per heavy atom. The van der Waals surface area contributed by atoms with Crippen molar-refractivity contribution in [1.82, 2.24) is 9.71 Å². The fourth-order valence-corrected chi connectivity index (χ4v) is 4.09. The monoisotopic (exact) mass is 311 g/mol. The van der Waals surface area contributed by atoms with Crippen LogP contribution in [-0.2, 0) is 10.0 Å². The van der Waals surface area contributed by atoms with E-state index < -0.39 is 10.0 Å². The van der Waals surface area contributed by atoms with Crippen LogP contribution in [0, 0.1) is 0 Å². The minimum atomic E-state index is -3.61. The molecular weight excluding hydrogens is 294 g/mol. The van der Waals surface area contributed by atoms with Gasteiger partial charge in [0, 0.05) is 29.1 Å². The maximum atomic E-state index is 12.4. The van der Waals surface area contributed by atoms with Crippen molar-refractivity contribution in [3.63, 3.8) is 0 Å². The van der Waals surface area contributed by atoms with Gasteiger partial charge in [-0.1, -0.05) is 0 Å². The zero-order valence-corrected chi connectivity index (χ0v) is 13.0. The van der Waals surface area contributed by atoms with Gasteiger partial charge in [0.05, 0.1) is 5.52 Å². The fourth-order valence-electron chi connectivity index (χ4n) is 2.00. The van der Waals surface area contributed by atoms with E-state index in [-0.39, 0.29) is 10.9 Å². The Hall–Kier alpha value is -1.31. The number of benzene rings is 1. The molecule has 3 N–H and O–H groups in total. The highest BCUT2D eigenvalue weighted by molar-refractivity contribution is 7.98. The second kappa shape index (κ2) is 5.99. The largest absolute Gasteiger partial charge is 0.398 e. The number of rotatable bonds is 5. The zero-order valence-electron chi connectivity index (χ0n) is 11.3. The Bertz CT molecular complexity index is 717. The van der Waals surface area contributed by atoms with Gasteiger partial charge < -0.3 is 5.73 Å². The lowest BCUT2D eigenvalue weighted by Crippen LogP contribution is -2.34. The quantitative estimate of drug-likeness (QED) is 0.823. The molecule has 0 saturated carbocycles. The molecule has 0 spiro atoms. The van der Waals surface area contributed by atoms with Crippen LogP contribution in [0.25, 0.3) is 10.9 Å². The topological polar surface area (TPSA) is 85.1 Å². The molecule has 20 heavy (non-hydrogen) atoms. The van der Waals surface area contributed by atoms with E-state index in [2.05, 4.69) is 9.71 Å². The first kappa shape index (κ1) is 15.1. The molecule has 0 aliphatic carbocycles. The van der Waals surface area contributed by atoms with Gasteiger partial charge >= 0.3 is 0 Å². The van der Waals surface area contributed by atoms with Crippen LogP contribution in [0.4, 0.5) is 5.69 Å². The van der Waals surface area contributed by atoms with Crippen molar-refractivity contribution in [1.29, 1.82) is 0 Å². The number of nitrogen functional groups attached to an aromatic ring is 1. The average Bonchev–Trinajstić information content (AvgIpc) is 2.38. The third-order valence-corrected chi connectivity index (χ3v) is 5.28. The molecule has 1 aromatic heterocycles. The molecule has 0 amide bonds. The van der Waals surface area contributed by atoms with Gasteiger partial charge in [-0.15, -0.1) is 0 Å². The van der Waals surface area contributed by atoms with Crippen LogP contribution < -0.4 is 10.5 Å². The Morgan fingerprint density at radius 2 is 2.15 bits per heavy atom. The average molecular weight is 311 g/mol. The zero-order chi connectivity index (χ0) is 14.8. The second-order valence-corrected chi connectivity index (χ2v) is 7.12. The molecule has 0 radical (unpaired) electrons. The molecular formula is C13H17N3O2S2. The summed E-state index contributed by atoms with van der Waals surface area (Å²) in [4.78, 5) is 4.32. The lowest BCUT2D eigenvalue weighted by atomic mass is 10.2. The lowest BCUT2D eigenvalue weighted by molar-refractivity contribution is 0.572. The van der Waals surface area contributed by atoms with Crippen molar-refractivity contribution in [2.45, 2.75) is 17.9 Å². The predicted octanol–water partition coefficient (Wildman–Crippen LogP) is 1.85. The van der Waals surface area contributed by atoms with Crippen molar-refractivity contribution >= 4 is 38.4 Å². The molecule has 0 aliphatic rings. The molecule has 0 aliphatic heterocycles. The summed E-state index contributed by atoms with van der Waals surface area (Å²) in [6.45, 7) is 1.83. The van der Waals surface area contributed by atoms with Crippen LogP contribution in [0.5, 0.6) is 0 Å². The summed E-state index contributed by atoms with van der Waals surface area (Å²) < 4.78 is 27.5. The summed E-state index contributed by atoms with van der Waals surface area (Å²) in [5, 5.41) is 0.646. The van der Waals surface area contributed by atoms with Gasteiger partial charge in [-0.2, -0.15) is 11.8 Å². The second-order valence-electron chi connectivity index (χ2n) is 4.53. The van der Waals surface area contributed by atoms with E-state index in [1.807, 2.05) is 13.2 Å². The molecule has 2 rings (SSSR count). The summed E-state index contributed by atoms with van der Waals surface area (Å²) in [5.41, 5.74) is 6.78. The van der Waals surface area contributed by atoms with E-state index >= 15 is 0 Å². The predicted molar refractivity (Wildman–Crippen MR) is 84.3 cm³/mol. The number of pyridine rings is 1. The highest BCUT2D eigenvalue weighted by atomic mass is 32.2. The van der Waals surface area contributed by atoms with Gasteiger partial charge in [-0.25, -0.2) is 13.1 Å². The van der Waals surface area contributed by atoms with E-state index in [1.165, 1.54) is 6.07 Å². The normalized spacial score (nSPS) is 13.5. The number of sulfonamides is 1. The van der Waals surface area contributed by atoms with Crippen molar-refractivity contribution < 1.29 is 8.42 Å². The summed E-state index contributed by atoms with van der Waals surface area (Å²) in [6, 6.07) is 6.45. The highest BCUT2D eigenvalue weighted by Gasteiger charge is 2.21. The number of nitrogens with one attached hydrogen (secondary N) is 1. The van der Waals surface area contributed by atoms with Gasteiger partial charge in [-0.3, -0.25) is 4.98 Å². The molecule has 1 atom stereocenters. The van der Waals surface area contributed by atoms with Crippen LogP contribution in [-0.4, -0.2) is 31.5 Å². The van der Waals surface area contributed by atoms with E-state index in [4.69, 9.17) is 5.73 Å². The third-order valence-electron chi connectivity index (χ3n) is 2.83. The molecule has 0 saturated heterocycles. The number of nitrogens with zero attached hydrogens (tertiary/aromatic N) is 1. The van der Waals surface area contributed by atoms with Gasteiger partial charge in [-0.05, 0) is 37.4 Å². The van der Waals surface area contributed by atoms with Crippen LogP contribution in [0.3, 0.4) is 0 Å². The number of hydrogen-bond donors (Lipinski definition) is 2. The van der Waals surface area contributed by atoms with Crippen LogP contribution in [0.15, 0.2) is 35.4 Å². The molecule has 2 aromatic rings. The van der Waals surface area contributed by atoms with Gasteiger partial charge in [0.2, 0.25) is 10.0 Å². The maximum absolute atomic E-state index is 12.4. The third kappa shape index (κ3) is 3.05. The Kier molecular flexibility index (Phi) is 4.52. The Labute approximate surface area is 123 Å².